The first-order chi connectivity index (χ1) is 31.7. The van der Waals surface area contributed by atoms with Crippen LogP contribution in [0.4, 0.5) is 51.7 Å². The van der Waals surface area contributed by atoms with Gasteiger partial charge in [0.05, 0.1) is 11.4 Å². The van der Waals surface area contributed by atoms with Gasteiger partial charge in [-0.05, 0) is 115 Å². The van der Waals surface area contributed by atoms with Crippen molar-refractivity contribution in [2.75, 3.05) is 9.80 Å². The molecule has 0 saturated carbocycles. The molecule has 0 aromatic heterocycles. The van der Waals surface area contributed by atoms with Crippen molar-refractivity contribution in [3.8, 4) is 22.3 Å². The first-order valence-corrected chi connectivity index (χ1v) is 22.3. The van der Waals surface area contributed by atoms with Crippen molar-refractivity contribution in [2.24, 2.45) is 0 Å². The number of hydrogen-bond acceptors (Lipinski definition) is 2. The molecule has 0 fully saturated rings. The number of halogens is 4. The topological polar surface area (TPSA) is 6.48 Å². The van der Waals surface area contributed by atoms with Gasteiger partial charge in [-0.15, -0.1) is 0 Å². The molecule has 0 bridgehead atoms. The Kier molecular flexibility index (Phi) is 10.4. The maximum atomic E-state index is 17.3. The van der Waals surface area contributed by atoms with Crippen LogP contribution in [0.5, 0.6) is 0 Å². The van der Waals surface area contributed by atoms with E-state index in [1.165, 1.54) is 24.3 Å². The average Bonchev–Trinajstić information content (AvgIpc) is 3.31. The molecule has 326 valence electrons. The zero-order valence-electron chi connectivity index (χ0n) is 37.7. The molecule has 0 heterocycles. The largest absolute Gasteiger partial charge is 0.305 e. The molecule has 2 nitrogen and oxygen atoms in total. The Hall–Kier alpha value is -7.44. The predicted octanol–water partition coefficient (Wildman–Crippen LogP) is 18.0. The molecule has 0 amide bonds. The highest BCUT2D eigenvalue weighted by molar-refractivity contribution is 6.28. The van der Waals surface area contributed by atoms with Gasteiger partial charge in [0.1, 0.15) is 23.0 Å². The Morgan fingerprint density at radius 1 is 0.348 bits per heavy atom. The Balaban J connectivity index is 1.24. The third-order valence-electron chi connectivity index (χ3n) is 12.8. The number of benzene rings is 10. The molecular weight excluding hydrogens is 825 g/mol. The van der Waals surface area contributed by atoms with Crippen LogP contribution in [0.25, 0.3) is 54.6 Å². The summed E-state index contributed by atoms with van der Waals surface area (Å²) < 4.78 is 67.9. The van der Waals surface area contributed by atoms with Crippen molar-refractivity contribution in [3.05, 3.63) is 216 Å². The number of nitrogens with zero attached hydrogens (tertiary/aromatic N) is 2. The lowest BCUT2D eigenvalue weighted by Gasteiger charge is -2.31. The lowest BCUT2D eigenvalue weighted by molar-refractivity contribution is 0.586. The molecule has 6 heteroatoms. The highest BCUT2D eigenvalue weighted by Crippen LogP contribution is 2.50. The van der Waals surface area contributed by atoms with Crippen molar-refractivity contribution in [2.45, 2.75) is 52.4 Å². The van der Waals surface area contributed by atoms with Gasteiger partial charge in [0, 0.05) is 33.3 Å². The number of hydrogen-bond donors (Lipinski definition) is 0. The van der Waals surface area contributed by atoms with Crippen molar-refractivity contribution in [1.29, 1.82) is 0 Å². The SMILES string of the molecule is CC(C)(C)c1ccc(N(c2c(F)ccc(-c3ccccc3)c2F)c2ccc3ccc4c(N(c5ccc(C(C)(C)C)cc5)c5c(F)ccc(-c6ccccc6)c5F)ccc5ccc2c3c54)cc1. The molecule has 0 spiro atoms. The van der Waals surface area contributed by atoms with E-state index in [1.807, 2.05) is 158 Å². The van der Waals surface area contributed by atoms with E-state index in [9.17, 15) is 0 Å². The molecule has 66 heavy (non-hydrogen) atoms. The smallest absolute Gasteiger partial charge is 0.158 e. The summed E-state index contributed by atoms with van der Waals surface area (Å²) in [5, 5.41) is 4.99. The Bertz CT molecular complexity index is 3180. The summed E-state index contributed by atoms with van der Waals surface area (Å²) in [4.78, 5) is 3.36. The summed E-state index contributed by atoms with van der Waals surface area (Å²) >= 11 is 0. The molecule has 0 atom stereocenters. The summed E-state index contributed by atoms with van der Waals surface area (Å²) in [5.74, 6) is -2.81. The summed E-state index contributed by atoms with van der Waals surface area (Å²) in [7, 11) is 0. The second kappa shape index (κ2) is 16.2. The van der Waals surface area contributed by atoms with Crippen molar-refractivity contribution in [3.63, 3.8) is 0 Å². The zero-order valence-corrected chi connectivity index (χ0v) is 37.7. The van der Waals surface area contributed by atoms with Gasteiger partial charge in [-0.2, -0.15) is 0 Å². The van der Waals surface area contributed by atoms with Gasteiger partial charge in [-0.1, -0.05) is 163 Å². The van der Waals surface area contributed by atoms with Gasteiger partial charge in [0.2, 0.25) is 0 Å². The third-order valence-corrected chi connectivity index (χ3v) is 12.8. The van der Waals surface area contributed by atoms with Crippen LogP contribution in [0.15, 0.2) is 182 Å². The first-order valence-electron chi connectivity index (χ1n) is 22.3. The van der Waals surface area contributed by atoms with E-state index in [0.717, 1.165) is 43.4 Å². The number of anilines is 6. The molecule has 0 unspecified atom stereocenters. The molecule has 0 aliphatic heterocycles. The molecule has 10 aromatic rings. The predicted molar refractivity (Wildman–Crippen MR) is 268 cm³/mol. The van der Waals surface area contributed by atoms with Gasteiger partial charge < -0.3 is 9.80 Å². The second-order valence-electron chi connectivity index (χ2n) is 19.1. The molecule has 0 aliphatic rings. The lowest BCUT2D eigenvalue weighted by Crippen LogP contribution is -2.16. The standard InChI is InChI=1S/C60H48F4N2/c1-59(2,3)41-21-25-43(26-22-41)65(57-49(61)33-31-45(55(57)63)37-13-9-7-10-14-37)51-35-19-39-18-30-48-52(36-20-40-17-29-47(51)53(39)54(40)48)66(44-27-23-42(24-28-44)60(4,5)6)58-50(62)34-32-46(56(58)64)38-15-11-8-12-16-38/h7-36H,1-6H3. The van der Waals surface area contributed by atoms with Gasteiger partial charge >= 0.3 is 0 Å². The van der Waals surface area contributed by atoms with Gasteiger partial charge in [0.15, 0.2) is 11.6 Å². The minimum Gasteiger partial charge on any atom is -0.305 e. The first kappa shape index (κ1) is 42.5. The Labute approximate surface area is 383 Å². The third kappa shape index (κ3) is 7.31. The monoisotopic (exact) mass is 872 g/mol. The quantitative estimate of drug-likeness (QED) is 0.111. The fourth-order valence-corrected chi connectivity index (χ4v) is 9.33. The molecule has 0 N–H and O–H groups in total. The summed E-state index contributed by atoms with van der Waals surface area (Å²) in [5.41, 5.74) is 5.52. The van der Waals surface area contributed by atoms with Crippen molar-refractivity contribution < 1.29 is 17.6 Å². The van der Waals surface area contributed by atoms with Gasteiger partial charge in [-0.3, -0.25) is 0 Å². The van der Waals surface area contributed by atoms with Crippen LogP contribution in [-0.4, -0.2) is 0 Å². The van der Waals surface area contributed by atoms with Gasteiger partial charge in [-0.25, -0.2) is 17.6 Å². The molecule has 0 radical (unpaired) electrons. The van der Waals surface area contributed by atoms with E-state index < -0.39 is 23.3 Å². The van der Waals surface area contributed by atoms with E-state index in [1.54, 1.807) is 9.80 Å². The van der Waals surface area contributed by atoms with Crippen LogP contribution in [0.1, 0.15) is 52.7 Å². The lowest BCUT2D eigenvalue weighted by atomic mass is 9.87. The van der Waals surface area contributed by atoms with E-state index in [0.29, 0.717) is 33.9 Å². The van der Waals surface area contributed by atoms with E-state index in [4.69, 9.17) is 0 Å². The Morgan fingerprint density at radius 3 is 1.05 bits per heavy atom. The Morgan fingerprint density at radius 2 is 0.697 bits per heavy atom. The number of rotatable bonds is 8. The van der Waals surface area contributed by atoms with Crippen LogP contribution in [-0.2, 0) is 10.8 Å². The zero-order chi connectivity index (χ0) is 46.1. The van der Waals surface area contributed by atoms with E-state index in [-0.39, 0.29) is 33.3 Å². The van der Waals surface area contributed by atoms with Crippen molar-refractivity contribution in [1.82, 2.24) is 0 Å². The van der Waals surface area contributed by atoms with E-state index in [2.05, 4.69) is 41.5 Å². The fraction of sp³-hybridized carbons (Fsp3) is 0.133. The molecule has 0 saturated heterocycles. The van der Waals surface area contributed by atoms with Crippen LogP contribution >= 0.6 is 0 Å². The van der Waals surface area contributed by atoms with Crippen LogP contribution in [0, 0.1) is 23.3 Å². The van der Waals surface area contributed by atoms with Crippen LogP contribution < -0.4 is 9.80 Å². The van der Waals surface area contributed by atoms with Crippen molar-refractivity contribution >= 4 is 66.4 Å². The molecular formula is C60H48F4N2. The van der Waals surface area contributed by atoms with Gasteiger partial charge in [0.25, 0.3) is 0 Å². The molecule has 0 aliphatic carbocycles. The maximum Gasteiger partial charge on any atom is 0.158 e. The maximum absolute atomic E-state index is 17.3. The second-order valence-corrected chi connectivity index (χ2v) is 19.1. The molecule has 10 aromatic carbocycles. The highest BCUT2D eigenvalue weighted by atomic mass is 19.1. The molecule has 10 rings (SSSR count). The van der Waals surface area contributed by atoms with E-state index >= 15 is 17.6 Å². The summed E-state index contributed by atoms with van der Waals surface area (Å²) in [6.45, 7) is 12.8. The van der Waals surface area contributed by atoms with Crippen LogP contribution in [0.3, 0.4) is 0 Å². The normalized spacial score (nSPS) is 12.1. The highest BCUT2D eigenvalue weighted by Gasteiger charge is 2.29. The average molecular weight is 873 g/mol. The summed E-state index contributed by atoms with van der Waals surface area (Å²) in [6, 6.07) is 55.4. The summed E-state index contributed by atoms with van der Waals surface area (Å²) in [6.07, 6.45) is 0. The minimum absolute atomic E-state index is 0.158. The van der Waals surface area contributed by atoms with Crippen LogP contribution in [0.2, 0.25) is 0 Å². The minimum atomic E-state index is -0.713. The fourth-order valence-electron chi connectivity index (χ4n) is 9.33.